The highest BCUT2D eigenvalue weighted by Gasteiger charge is 2.38. The molecule has 6 rings (SSSR count). The van der Waals surface area contributed by atoms with E-state index in [4.69, 9.17) is 19.2 Å². The molecule has 3 heterocycles. The third-order valence-corrected chi connectivity index (χ3v) is 7.27. The normalized spacial score (nSPS) is 19.7. The van der Waals surface area contributed by atoms with Crippen molar-refractivity contribution in [3.63, 3.8) is 0 Å². The number of halogens is 3. The SMILES string of the molecule is Cc1nc(N[C@H](C)c2cccc(C(F)F)c2F)c2cc(C3=CCC4(CC3)OCCO4)c(OC3CC3)nc2n1. The average molecular weight is 527 g/mol. The fourth-order valence-corrected chi connectivity index (χ4v) is 5.09. The molecular formula is C28H29F3N4O3. The zero-order valence-corrected chi connectivity index (χ0v) is 21.3. The van der Waals surface area contributed by atoms with E-state index in [2.05, 4.69) is 21.4 Å². The second kappa shape index (κ2) is 9.81. The van der Waals surface area contributed by atoms with Gasteiger partial charge in [0, 0.05) is 24.0 Å². The fraction of sp³-hybridized carbons (Fsp3) is 0.464. The van der Waals surface area contributed by atoms with E-state index in [9.17, 15) is 13.2 Å². The van der Waals surface area contributed by atoms with Gasteiger partial charge in [-0.1, -0.05) is 24.3 Å². The van der Waals surface area contributed by atoms with Gasteiger partial charge in [-0.3, -0.25) is 0 Å². The Hall–Kier alpha value is -3.24. The number of hydrogen-bond donors (Lipinski definition) is 1. The molecule has 3 aliphatic rings. The zero-order chi connectivity index (χ0) is 26.4. The maximum atomic E-state index is 14.9. The predicted molar refractivity (Wildman–Crippen MR) is 136 cm³/mol. The molecule has 2 aliphatic carbocycles. The van der Waals surface area contributed by atoms with Crippen molar-refractivity contribution in [1.82, 2.24) is 15.0 Å². The lowest BCUT2D eigenvalue weighted by Gasteiger charge is -2.31. The molecule has 2 fully saturated rings. The molecule has 1 N–H and O–H groups in total. The molecule has 0 radical (unpaired) electrons. The van der Waals surface area contributed by atoms with Crippen LogP contribution in [0.4, 0.5) is 19.0 Å². The van der Waals surface area contributed by atoms with Crippen molar-refractivity contribution >= 4 is 22.4 Å². The smallest absolute Gasteiger partial charge is 0.266 e. The van der Waals surface area contributed by atoms with Crippen LogP contribution >= 0.6 is 0 Å². The Labute approximate surface area is 218 Å². The molecule has 3 aromatic rings. The minimum absolute atomic E-state index is 0.130. The zero-order valence-electron chi connectivity index (χ0n) is 21.3. The van der Waals surface area contributed by atoms with Gasteiger partial charge in [0.1, 0.15) is 23.6 Å². The van der Waals surface area contributed by atoms with Crippen LogP contribution in [0.25, 0.3) is 16.6 Å². The van der Waals surface area contributed by atoms with E-state index < -0.39 is 29.6 Å². The van der Waals surface area contributed by atoms with Gasteiger partial charge in [0.2, 0.25) is 5.88 Å². The average Bonchev–Trinajstić information content (AvgIpc) is 3.60. The van der Waals surface area contributed by atoms with Crippen molar-refractivity contribution < 1.29 is 27.4 Å². The first-order valence-corrected chi connectivity index (χ1v) is 13.0. The number of hydrogen-bond acceptors (Lipinski definition) is 7. The summed E-state index contributed by atoms with van der Waals surface area (Å²) in [5, 5.41) is 3.85. The number of rotatable bonds is 7. The molecule has 1 spiro atoms. The first kappa shape index (κ1) is 25.1. The number of anilines is 1. The Kier molecular flexibility index (Phi) is 6.47. The van der Waals surface area contributed by atoms with Crippen LogP contribution in [-0.4, -0.2) is 40.1 Å². The van der Waals surface area contributed by atoms with Gasteiger partial charge in [-0.2, -0.15) is 4.98 Å². The summed E-state index contributed by atoms with van der Waals surface area (Å²) in [6.45, 7) is 4.65. The van der Waals surface area contributed by atoms with Crippen molar-refractivity contribution in [1.29, 1.82) is 0 Å². The summed E-state index contributed by atoms with van der Waals surface area (Å²) >= 11 is 0. The maximum Gasteiger partial charge on any atom is 0.266 e. The summed E-state index contributed by atoms with van der Waals surface area (Å²) in [5.41, 5.74) is 1.89. The molecule has 1 atom stereocenters. The molecule has 1 aliphatic heterocycles. The Morgan fingerprint density at radius 1 is 1.11 bits per heavy atom. The molecule has 200 valence electrons. The fourth-order valence-electron chi connectivity index (χ4n) is 5.09. The molecule has 0 amide bonds. The van der Waals surface area contributed by atoms with Crippen LogP contribution in [0, 0.1) is 12.7 Å². The molecule has 0 bridgehead atoms. The second-order valence-corrected chi connectivity index (χ2v) is 10.1. The molecule has 1 saturated carbocycles. The van der Waals surface area contributed by atoms with Crippen LogP contribution in [0.2, 0.25) is 0 Å². The molecule has 1 aromatic carbocycles. The van der Waals surface area contributed by atoms with Crippen molar-refractivity contribution in [2.24, 2.45) is 0 Å². The van der Waals surface area contributed by atoms with E-state index in [1.807, 2.05) is 6.07 Å². The summed E-state index contributed by atoms with van der Waals surface area (Å²) in [6.07, 6.45) is 3.42. The summed E-state index contributed by atoms with van der Waals surface area (Å²) in [4.78, 5) is 13.9. The quantitative estimate of drug-likeness (QED) is 0.380. The number of nitrogens with one attached hydrogen (secondary N) is 1. The van der Waals surface area contributed by atoms with Crippen LogP contribution in [0.1, 0.15) is 74.0 Å². The monoisotopic (exact) mass is 526 g/mol. The van der Waals surface area contributed by atoms with Gasteiger partial charge in [-0.15, -0.1) is 0 Å². The number of aryl methyl sites for hydroxylation is 1. The topological polar surface area (TPSA) is 78.4 Å². The number of alkyl halides is 2. The van der Waals surface area contributed by atoms with Crippen LogP contribution in [0.5, 0.6) is 5.88 Å². The molecule has 38 heavy (non-hydrogen) atoms. The number of ether oxygens (including phenoxy) is 3. The van der Waals surface area contributed by atoms with E-state index in [-0.39, 0.29) is 11.7 Å². The molecular weight excluding hydrogens is 497 g/mol. The Morgan fingerprint density at radius 3 is 2.55 bits per heavy atom. The standard InChI is InChI=1S/C28H29F3N4O3/c1-15(19-4-3-5-20(23(19)29)24(30)31)32-25-22-14-21(17-8-10-28(11-9-17)36-12-13-37-28)27(38-18-6-7-18)35-26(22)34-16(2)33-25/h3-5,8,14-15,18,24H,6-7,9-13H2,1-2H3,(H,32,33,34,35)/t15-/m1/s1. The van der Waals surface area contributed by atoms with E-state index >= 15 is 0 Å². The van der Waals surface area contributed by atoms with E-state index in [0.717, 1.165) is 42.9 Å². The van der Waals surface area contributed by atoms with Gasteiger partial charge in [0.15, 0.2) is 11.4 Å². The predicted octanol–water partition coefficient (Wildman–Crippen LogP) is 6.43. The Bertz CT molecular complexity index is 1400. The van der Waals surface area contributed by atoms with Gasteiger partial charge < -0.3 is 19.5 Å². The first-order chi connectivity index (χ1) is 18.3. The Balaban J connectivity index is 1.39. The van der Waals surface area contributed by atoms with Crippen LogP contribution in [-0.2, 0) is 9.47 Å². The van der Waals surface area contributed by atoms with Crippen molar-refractivity contribution in [2.45, 2.75) is 70.3 Å². The second-order valence-electron chi connectivity index (χ2n) is 10.1. The number of allylic oxidation sites excluding steroid dienone is 1. The van der Waals surface area contributed by atoms with Gasteiger partial charge in [-0.25, -0.2) is 23.1 Å². The lowest BCUT2D eigenvalue weighted by Crippen LogP contribution is -2.31. The van der Waals surface area contributed by atoms with Crippen LogP contribution in [0.15, 0.2) is 30.3 Å². The van der Waals surface area contributed by atoms with Gasteiger partial charge >= 0.3 is 0 Å². The number of pyridine rings is 1. The lowest BCUT2D eigenvalue weighted by molar-refractivity contribution is -0.159. The highest BCUT2D eigenvalue weighted by molar-refractivity contribution is 5.91. The number of nitrogens with zero attached hydrogens (tertiary/aromatic N) is 3. The third-order valence-electron chi connectivity index (χ3n) is 7.27. The summed E-state index contributed by atoms with van der Waals surface area (Å²) < 4.78 is 59.4. The summed E-state index contributed by atoms with van der Waals surface area (Å²) in [6, 6.07) is 5.35. The third kappa shape index (κ3) is 4.82. The van der Waals surface area contributed by atoms with Crippen molar-refractivity contribution in [3.8, 4) is 5.88 Å². The number of fused-ring (bicyclic) bond motifs is 1. The summed E-state index contributed by atoms with van der Waals surface area (Å²) in [7, 11) is 0. The van der Waals surface area contributed by atoms with Crippen LogP contribution < -0.4 is 10.1 Å². The molecule has 7 nitrogen and oxygen atoms in total. The van der Waals surface area contributed by atoms with E-state index in [1.54, 1.807) is 13.8 Å². The highest BCUT2D eigenvalue weighted by atomic mass is 19.3. The minimum Gasteiger partial charge on any atom is -0.474 e. The van der Waals surface area contributed by atoms with Crippen molar-refractivity contribution in [3.05, 3.63) is 58.7 Å². The minimum atomic E-state index is -2.90. The van der Waals surface area contributed by atoms with Crippen molar-refractivity contribution in [2.75, 3.05) is 18.5 Å². The van der Waals surface area contributed by atoms with E-state index in [1.165, 1.54) is 12.1 Å². The van der Waals surface area contributed by atoms with Crippen LogP contribution in [0.3, 0.4) is 0 Å². The Morgan fingerprint density at radius 2 is 1.87 bits per heavy atom. The lowest BCUT2D eigenvalue weighted by atomic mass is 9.90. The maximum absolute atomic E-state index is 14.9. The van der Waals surface area contributed by atoms with Gasteiger partial charge in [0.25, 0.3) is 6.43 Å². The largest absolute Gasteiger partial charge is 0.474 e. The molecule has 10 heteroatoms. The summed E-state index contributed by atoms with van der Waals surface area (Å²) in [5.74, 6) is -0.0212. The number of benzene rings is 1. The van der Waals surface area contributed by atoms with Gasteiger partial charge in [0.05, 0.1) is 30.2 Å². The number of aromatic nitrogens is 3. The first-order valence-electron chi connectivity index (χ1n) is 13.0. The van der Waals surface area contributed by atoms with Gasteiger partial charge in [-0.05, 0) is 44.7 Å². The highest BCUT2D eigenvalue weighted by Crippen LogP contribution is 2.42. The molecule has 0 unspecified atom stereocenters. The molecule has 1 saturated heterocycles. The van der Waals surface area contributed by atoms with E-state index in [0.29, 0.717) is 48.2 Å². The molecule has 2 aromatic heterocycles.